The number of aromatic nitrogens is 1. The fraction of sp³-hybridized carbons (Fsp3) is 0.120. The Morgan fingerprint density at radius 2 is 1.38 bits per heavy atom. The highest BCUT2D eigenvalue weighted by Gasteiger charge is 2.07. The molecule has 0 radical (unpaired) electrons. The van der Waals surface area contributed by atoms with E-state index in [4.69, 9.17) is 0 Å². The maximum Gasteiger partial charge on any atom is 0.0531 e. The number of nitrogens with zero attached hydrogens (tertiary/aromatic N) is 1. The molecule has 0 bridgehead atoms. The van der Waals surface area contributed by atoms with Crippen molar-refractivity contribution in [3.05, 3.63) is 103 Å². The second-order valence-corrected chi connectivity index (χ2v) is 6.29. The van der Waals surface area contributed by atoms with Crippen LogP contribution in [0.2, 0.25) is 0 Å². The van der Waals surface area contributed by atoms with Crippen LogP contribution in [0, 0.1) is 6.92 Å². The molecule has 0 amide bonds. The summed E-state index contributed by atoms with van der Waals surface area (Å²) in [5.41, 5.74) is 6.22. The molecule has 4 rings (SSSR count). The zero-order valence-electron chi connectivity index (χ0n) is 15.5. The molecular weight excluding hydrogens is 314 g/mol. The summed E-state index contributed by atoms with van der Waals surface area (Å²) in [4.78, 5) is 0. The van der Waals surface area contributed by atoms with Crippen molar-refractivity contribution in [2.75, 3.05) is 0 Å². The van der Waals surface area contributed by atoms with E-state index in [9.17, 15) is 0 Å². The van der Waals surface area contributed by atoms with Gasteiger partial charge in [0.25, 0.3) is 0 Å². The van der Waals surface area contributed by atoms with E-state index >= 15 is 0 Å². The third kappa shape index (κ3) is 3.78. The van der Waals surface area contributed by atoms with Crippen LogP contribution >= 0.6 is 0 Å². The summed E-state index contributed by atoms with van der Waals surface area (Å²) in [5.74, 6) is 0. The quantitative estimate of drug-likeness (QED) is 0.348. The van der Waals surface area contributed by atoms with Gasteiger partial charge in [-0.15, -0.1) is 6.58 Å². The highest BCUT2D eigenvalue weighted by Crippen LogP contribution is 2.26. The SMILES string of the molecule is C=CCC.Cc1cc2ccccc2n1-c1ccc(-c2ccccc2)cc1. The lowest BCUT2D eigenvalue weighted by Gasteiger charge is -2.10. The summed E-state index contributed by atoms with van der Waals surface area (Å²) < 4.78 is 2.31. The molecule has 0 aliphatic rings. The van der Waals surface area contributed by atoms with Crippen LogP contribution in [0.25, 0.3) is 27.7 Å². The Kier molecular flexibility index (Phi) is 5.70. The van der Waals surface area contributed by atoms with Crippen LogP contribution in [0.1, 0.15) is 19.0 Å². The lowest BCUT2D eigenvalue weighted by atomic mass is 10.1. The molecule has 1 aromatic heterocycles. The van der Waals surface area contributed by atoms with E-state index in [2.05, 4.69) is 104 Å². The van der Waals surface area contributed by atoms with Gasteiger partial charge >= 0.3 is 0 Å². The molecule has 0 spiro atoms. The first-order valence-electron chi connectivity index (χ1n) is 9.08. The maximum atomic E-state index is 3.48. The molecule has 4 aromatic rings. The van der Waals surface area contributed by atoms with Crippen LogP contribution in [0.15, 0.2) is 97.6 Å². The van der Waals surface area contributed by atoms with E-state index in [1.165, 1.54) is 33.4 Å². The summed E-state index contributed by atoms with van der Waals surface area (Å²) in [6.45, 7) is 7.70. The number of hydrogen-bond donors (Lipinski definition) is 0. The predicted octanol–water partition coefficient (Wildman–Crippen LogP) is 7.19. The zero-order chi connectivity index (χ0) is 18.4. The van der Waals surface area contributed by atoms with Crippen LogP contribution in [-0.4, -0.2) is 4.57 Å². The molecule has 3 aromatic carbocycles. The van der Waals surface area contributed by atoms with Gasteiger partial charge in [0.15, 0.2) is 0 Å². The van der Waals surface area contributed by atoms with Gasteiger partial charge in [-0.1, -0.05) is 73.7 Å². The molecule has 0 saturated heterocycles. The molecule has 0 aliphatic heterocycles. The molecule has 1 heterocycles. The Balaban J connectivity index is 0.000000447. The average Bonchev–Trinajstić information content (AvgIpc) is 3.04. The number of fused-ring (bicyclic) bond motifs is 1. The van der Waals surface area contributed by atoms with Gasteiger partial charge in [-0.05, 0) is 48.7 Å². The number of aryl methyl sites for hydroxylation is 1. The highest BCUT2D eigenvalue weighted by molar-refractivity contribution is 5.83. The van der Waals surface area contributed by atoms with Gasteiger partial charge in [-0.3, -0.25) is 0 Å². The van der Waals surface area contributed by atoms with E-state index in [1.54, 1.807) is 0 Å². The molecular formula is C25H25N. The third-order valence-electron chi connectivity index (χ3n) is 4.42. The number of allylic oxidation sites excluding steroid dienone is 1. The zero-order valence-corrected chi connectivity index (χ0v) is 15.5. The molecule has 1 heteroatoms. The van der Waals surface area contributed by atoms with Crippen LogP contribution in [0.3, 0.4) is 0 Å². The second-order valence-electron chi connectivity index (χ2n) is 6.29. The number of benzene rings is 3. The van der Waals surface area contributed by atoms with Crippen molar-refractivity contribution >= 4 is 10.9 Å². The van der Waals surface area contributed by atoms with Gasteiger partial charge in [-0.25, -0.2) is 0 Å². The Hall–Kier alpha value is -3.06. The Labute approximate surface area is 156 Å². The second kappa shape index (κ2) is 8.35. The lowest BCUT2D eigenvalue weighted by Crippen LogP contribution is -1.95. The van der Waals surface area contributed by atoms with Crippen LogP contribution in [-0.2, 0) is 0 Å². The average molecular weight is 339 g/mol. The van der Waals surface area contributed by atoms with E-state index in [0.29, 0.717) is 0 Å². The molecule has 0 unspecified atom stereocenters. The molecule has 1 nitrogen and oxygen atoms in total. The van der Waals surface area contributed by atoms with Crippen molar-refractivity contribution in [2.45, 2.75) is 20.3 Å². The summed E-state index contributed by atoms with van der Waals surface area (Å²) in [5, 5.41) is 1.28. The highest BCUT2D eigenvalue weighted by atomic mass is 15.0. The summed E-state index contributed by atoms with van der Waals surface area (Å²) in [7, 11) is 0. The molecule has 130 valence electrons. The Morgan fingerprint density at radius 1 is 0.808 bits per heavy atom. The van der Waals surface area contributed by atoms with Crippen LogP contribution in [0.4, 0.5) is 0 Å². The largest absolute Gasteiger partial charge is 0.314 e. The van der Waals surface area contributed by atoms with Crippen molar-refractivity contribution in [2.24, 2.45) is 0 Å². The molecule has 0 N–H and O–H groups in total. The van der Waals surface area contributed by atoms with Gasteiger partial charge in [0.2, 0.25) is 0 Å². The number of rotatable bonds is 3. The van der Waals surface area contributed by atoms with Crippen LogP contribution in [0.5, 0.6) is 0 Å². The Bertz CT molecular complexity index is 976. The molecule has 0 atom stereocenters. The first kappa shape index (κ1) is 17.8. The summed E-state index contributed by atoms with van der Waals surface area (Å²) in [6, 6.07) is 30.0. The van der Waals surface area contributed by atoms with Gasteiger partial charge < -0.3 is 4.57 Å². The number of para-hydroxylation sites is 1. The molecule has 0 saturated carbocycles. The first-order chi connectivity index (χ1) is 12.7. The van der Waals surface area contributed by atoms with Gasteiger partial charge in [0.1, 0.15) is 0 Å². The van der Waals surface area contributed by atoms with E-state index < -0.39 is 0 Å². The van der Waals surface area contributed by atoms with Crippen LogP contribution < -0.4 is 0 Å². The normalized spacial score (nSPS) is 10.2. The number of hydrogen-bond acceptors (Lipinski definition) is 0. The van der Waals surface area contributed by atoms with Crippen molar-refractivity contribution in [1.29, 1.82) is 0 Å². The standard InChI is InChI=1S/C21H17N.C4H8/c1-16-15-19-9-5-6-10-21(19)22(16)20-13-11-18(12-14-20)17-7-3-2-4-8-17;1-3-4-2/h2-15H,1H3;3H,1,4H2,2H3. The topological polar surface area (TPSA) is 4.93 Å². The first-order valence-corrected chi connectivity index (χ1v) is 9.08. The molecule has 26 heavy (non-hydrogen) atoms. The smallest absolute Gasteiger partial charge is 0.0531 e. The minimum atomic E-state index is 1.08. The van der Waals surface area contributed by atoms with E-state index in [0.717, 1.165) is 6.42 Å². The maximum absolute atomic E-state index is 3.48. The van der Waals surface area contributed by atoms with Gasteiger partial charge in [0, 0.05) is 16.8 Å². The molecule has 0 aliphatic carbocycles. The minimum Gasteiger partial charge on any atom is -0.314 e. The van der Waals surface area contributed by atoms with E-state index in [1.807, 2.05) is 12.1 Å². The predicted molar refractivity (Wildman–Crippen MR) is 114 cm³/mol. The monoisotopic (exact) mass is 339 g/mol. The third-order valence-corrected chi connectivity index (χ3v) is 4.42. The minimum absolute atomic E-state index is 1.08. The molecule has 0 fully saturated rings. The van der Waals surface area contributed by atoms with Crippen molar-refractivity contribution in [3.8, 4) is 16.8 Å². The summed E-state index contributed by atoms with van der Waals surface area (Å²) >= 11 is 0. The van der Waals surface area contributed by atoms with Crippen molar-refractivity contribution in [1.82, 2.24) is 4.57 Å². The van der Waals surface area contributed by atoms with Gasteiger partial charge in [-0.2, -0.15) is 0 Å². The lowest BCUT2D eigenvalue weighted by molar-refractivity contribution is 1.05. The van der Waals surface area contributed by atoms with Gasteiger partial charge in [0.05, 0.1) is 5.52 Å². The fourth-order valence-electron chi connectivity index (χ4n) is 3.07. The Morgan fingerprint density at radius 3 is 2.04 bits per heavy atom. The van der Waals surface area contributed by atoms with Crippen molar-refractivity contribution in [3.63, 3.8) is 0 Å². The fourth-order valence-corrected chi connectivity index (χ4v) is 3.07. The van der Waals surface area contributed by atoms with E-state index in [-0.39, 0.29) is 0 Å². The summed E-state index contributed by atoms with van der Waals surface area (Å²) in [6.07, 6.45) is 2.96. The van der Waals surface area contributed by atoms with Crippen molar-refractivity contribution < 1.29 is 0 Å².